The van der Waals surface area contributed by atoms with Gasteiger partial charge >= 0.3 is 0 Å². The normalized spacial score (nSPS) is 21.7. The molecule has 0 atom stereocenters. The molecule has 3 rings (SSSR count). The fourth-order valence-corrected chi connectivity index (χ4v) is 3.17. The van der Waals surface area contributed by atoms with Gasteiger partial charge in [-0.15, -0.1) is 0 Å². The minimum atomic E-state index is 0.552. The number of ether oxygens (including phenoxy) is 1. The first-order chi connectivity index (χ1) is 8.81. The zero-order valence-corrected chi connectivity index (χ0v) is 11.1. The van der Waals surface area contributed by atoms with Gasteiger partial charge < -0.3 is 15.0 Å². The Morgan fingerprint density at radius 2 is 2.06 bits per heavy atom. The van der Waals surface area contributed by atoms with Crippen LogP contribution in [-0.2, 0) is 0 Å². The molecule has 0 amide bonds. The van der Waals surface area contributed by atoms with Gasteiger partial charge in [-0.2, -0.15) is 0 Å². The number of nitrogens with one attached hydrogen (secondary N) is 1. The Kier molecular flexibility index (Phi) is 3.16. The average molecular weight is 246 g/mol. The van der Waals surface area contributed by atoms with Crippen LogP contribution in [0.4, 0.5) is 5.69 Å². The minimum Gasteiger partial charge on any atom is -0.494 e. The molecule has 2 aliphatic rings. The quantitative estimate of drug-likeness (QED) is 0.885. The van der Waals surface area contributed by atoms with Crippen molar-refractivity contribution in [1.29, 1.82) is 0 Å². The third-order valence-corrected chi connectivity index (χ3v) is 4.13. The molecule has 0 bridgehead atoms. The Bertz CT molecular complexity index is 387. The Morgan fingerprint density at radius 1 is 1.28 bits per heavy atom. The molecule has 3 nitrogen and oxygen atoms in total. The summed E-state index contributed by atoms with van der Waals surface area (Å²) in [7, 11) is 0. The van der Waals surface area contributed by atoms with Crippen molar-refractivity contribution in [3.63, 3.8) is 0 Å². The molecule has 1 spiro atoms. The monoisotopic (exact) mass is 246 g/mol. The van der Waals surface area contributed by atoms with E-state index in [0.29, 0.717) is 5.41 Å². The number of nitrogens with zero attached hydrogens (tertiary/aromatic N) is 1. The highest BCUT2D eigenvalue weighted by atomic mass is 16.5. The van der Waals surface area contributed by atoms with Crippen LogP contribution < -0.4 is 15.0 Å². The molecule has 98 valence electrons. The van der Waals surface area contributed by atoms with Gasteiger partial charge in [0.2, 0.25) is 0 Å². The second-order valence-electron chi connectivity index (χ2n) is 5.56. The fourth-order valence-electron chi connectivity index (χ4n) is 3.17. The second kappa shape index (κ2) is 4.81. The van der Waals surface area contributed by atoms with Crippen LogP contribution in [0, 0.1) is 5.41 Å². The lowest BCUT2D eigenvalue weighted by atomic mass is 9.74. The van der Waals surface area contributed by atoms with Crippen molar-refractivity contribution in [1.82, 2.24) is 5.32 Å². The molecule has 0 aromatic heterocycles. The maximum absolute atomic E-state index is 5.47. The van der Waals surface area contributed by atoms with Gasteiger partial charge in [-0.1, -0.05) is 0 Å². The Balaban J connectivity index is 1.60. The summed E-state index contributed by atoms with van der Waals surface area (Å²) in [6.45, 7) is 7.55. The number of hydrogen-bond acceptors (Lipinski definition) is 3. The maximum atomic E-state index is 5.47. The molecule has 18 heavy (non-hydrogen) atoms. The van der Waals surface area contributed by atoms with Crippen LogP contribution in [0.15, 0.2) is 24.3 Å². The van der Waals surface area contributed by atoms with E-state index in [2.05, 4.69) is 34.5 Å². The summed E-state index contributed by atoms with van der Waals surface area (Å²) in [4.78, 5) is 2.47. The molecule has 0 saturated carbocycles. The van der Waals surface area contributed by atoms with Crippen LogP contribution in [-0.4, -0.2) is 32.8 Å². The molecule has 0 radical (unpaired) electrons. The van der Waals surface area contributed by atoms with Crippen molar-refractivity contribution in [2.24, 2.45) is 5.41 Å². The van der Waals surface area contributed by atoms with Crippen LogP contribution >= 0.6 is 0 Å². The van der Waals surface area contributed by atoms with Gasteiger partial charge in [0.25, 0.3) is 0 Å². The molecule has 1 aromatic carbocycles. The number of benzene rings is 1. The summed E-state index contributed by atoms with van der Waals surface area (Å²) in [5.74, 6) is 0.968. The van der Waals surface area contributed by atoms with Crippen molar-refractivity contribution in [2.45, 2.75) is 19.8 Å². The molecule has 0 unspecified atom stereocenters. The highest BCUT2D eigenvalue weighted by Crippen LogP contribution is 2.39. The molecule has 3 heteroatoms. The standard InChI is InChI=1S/C15H22N2O/c1-2-18-14-6-4-13(5-7-14)17-11-15(12-17)8-3-9-16-10-15/h4-7,16H,2-3,8-12H2,1H3. The summed E-state index contributed by atoms with van der Waals surface area (Å²) in [6.07, 6.45) is 2.71. The van der Waals surface area contributed by atoms with E-state index in [1.54, 1.807) is 0 Å². The molecule has 1 N–H and O–H groups in total. The Labute approximate surface area is 109 Å². The number of rotatable bonds is 3. The van der Waals surface area contributed by atoms with Crippen LogP contribution in [0.25, 0.3) is 0 Å². The lowest BCUT2D eigenvalue weighted by Gasteiger charge is -2.53. The summed E-state index contributed by atoms with van der Waals surface area (Å²) in [5.41, 5.74) is 1.88. The van der Waals surface area contributed by atoms with Gasteiger partial charge in [-0.05, 0) is 50.6 Å². The van der Waals surface area contributed by atoms with E-state index < -0.39 is 0 Å². The fraction of sp³-hybridized carbons (Fsp3) is 0.600. The van der Waals surface area contributed by atoms with E-state index >= 15 is 0 Å². The van der Waals surface area contributed by atoms with Crippen LogP contribution in [0.3, 0.4) is 0 Å². The molecular formula is C15H22N2O. The first-order valence-electron chi connectivity index (χ1n) is 7.00. The van der Waals surface area contributed by atoms with E-state index in [9.17, 15) is 0 Å². The summed E-state index contributed by atoms with van der Waals surface area (Å²) in [6, 6.07) is 8.49. The summed E-state index contributed by atoms with van der Waals surface area (Å²) >= 11 is 0. The first-order valence-corrected chi connectivity index (χ1v) is 7.00. The van der Waals surface area contributed by atoms with E-state index in [1.807, 2.05) is 6.92 Å². The van der Waals surface area contributed by atoms with E-state index in [4.69, 9.17) is 4.74 Å². The predicted octanol–water partition coefficient (Wildman–Crippen LogP) is 2.28. The maximum Gasteiger partial charge on any atom is 0.119 e. The van der Waals surface area contributed by atoms with Gasteiger partial charge in [0, 0.05) is 30.7 Å². The van der Waals surface area contributed by atoms with Crippen LogP contribution in [0.5, 0.6) is 5.75 Å². The first kappa shape index (κ1) is 11.8. The second-order valence-corrected chi connectivity index (χ2v) is 5.56. The summed E-state index contributed by atoms with van der Waals surface area (Å²) in [5, 5.41) is 3.53. The third-order valence-electron chi connectivity index (χ3n) is 4.13. The number of hydrogen-bond donors (Lipinski definition) is 1. The van der Waals surface area contributed by atoms with Crippen LogP contribution in [0.1, 0.15) is 19.8 Å². The predicted molar refractivity (Wildman–Crippen MR) is 74.4 cm³/mol. The van der Waals surface area contributed by atoms with Crippen molar-refractivity contribution < 1.29 is 4.74 Å². The minimum absolute atomic E-state index is 0.552. The highest BCUT2D eigenvalue weighted by Gasteiger charge is 2.43. The number of piperidine rings is 1. The topological polar surface area (TPSA) is 24.5 Å². The van der Waals surface area contributed by atoms with Gasteiger partial charge in [-0.25, -0.2) is 0 Å². The zero-order chi connectivity index (χ0) is 12.4. The van der Waals surface area contributed by atoms with Gasteiger partial charge in [0.1, 0.15) is 5.75 Å². The highest BCUT2D eigenvalue weighted by molar-refractivity contribution is 5.52. The SMILES string of the molecule is CCOc1ccc(N2CC3(CCCNC3)C2)cc1. The van der Waals surface area contributed by atoms with Gasteiger partial charge in [0.05, 0.1) is 6.61 Å². The lowest BCUT2D eigenvalue weighted by molar-refractivity contribution is 0.157. The summed E-state index contributed by atoms with van der Waals surface area (Å²) < 4.78 is 5.47. The molecule has 2 heterocycles. The van der Waals surface area contributed by atoms with Crippen molar-refractivity contribution in [3.05, 3.63) is 24.3 Å². The van der Waals surface area contributed by atoms with Crippen molar-refractivity contribution in [3.8, 4) is 5.75 Å². The third kappa shape index (κ3) is 2.19. The molecule has 2 fully saturated rings. The van der Waals surface area contributed by atoms with E-state index in [1.165, 1.54) is 44.7 Å². The Hall–Kier alpha value is -1.22. The van der Waals surface area contributed by atoms with Crippen molar-refractivity contribution in [2.75, 3.05) is 37.7 Å². The van der Waals surface area contributed by atoms with Crippen LogP contribution in [0.2, 0.25) is 0 Å². The van der Waals surface area contributed by atoms with Crippen molar-refractivity contribution >= 4 is 5.69 Å². The van der Waals surface area contributed by atoms with Gasteiger partial charge in [-0.3, -0.25) is 0 Å². The van der Waals surface area contributed by atoms with E-state index in [-0.39, 0.29) is 0 Å². The molecule has 2 saturated heterocycles. The van der Waals surface area contributed by atoms with Gasteiger partial charge in [0.15, 0.2) is 0 Å². The molecule has 1 aromatic rings. The zero-order valence-electron chi connectivity index (χ0n) is 11.1. The molecular weight excluding hydrogens is 224 g/mol. The molecule has 2 aliphatic heterocycles. The average Bonchev–Trinajstić information content (AvgIpc) is 2.38. The largest absolute Gasteiger partial charge is 0.494 e. The number of anilines is 1. The van der Waals surface area contributed by atoms with E-state index in [0.717, 1.165) is 12.4 Å². The molecule has 0 aliphatic carbocycles. The lowest BCUT2D eigenvalue weighted by Crippen LogP contribution is -2.62. The smallest absolute Gasteiger partial charge is 0.119 e. The Morgan fingerprint density at radius 3 is 2.67 bits per heavy atom.